The van der Waals surface area contributed by atoms with Gasteiger partial charge in [0.1, 0.15) is 6.33 Å². The maximum absolute atomic E-state index is 12.3. The molecule has 1 aromatic heterocycles. The van der Waals surface area contributed by atoms with Gasteiger partial charge in [-0.1, -0.05) is 12.1 Å². The van der Waals surface area contributed by atoms with Gasteiger partial charge in [0, 0.05) is 29.8 Å². The van der Waals surface area contributed by atoms with Gasteiger partial charge in [-0.2, -0.15) is 5.10 Å². The van der Waals surface area contributed by atoms with Crippen LogP contribution in [-0.2, 0) is 6.54 Å². The Morgan fingerprint density at radius 3 is 2.65 bits per heavy atom. The van der Waals surface area contributed by atoms with Gasteiger partial charge in [-0.05, 0) is 43.7 Å². The summed E-state index contributed by atoms with van der Waals surface area (Å²) >= 11 is 0. The molecule has 2 aliphatic carbocycles. The second-order valence-electron chi connectivity index (χ2n) is 6.73. The summed E-state index contributed by atoms with van der Waals surface area (Å²) in [5.41, 5.74) is 7.92. The first-order valence-corrected chi connectivity index (χ1v) is 8.16. The normalized spacial score (nSPS) is 28.4. The number of hydrogen-bond donors (Lipinski definition) is 2. The van der Waals surface area contributed by atoms with Crippen LogP contribution >= 0.6 is 0 Å². The van der Waals surface area contributed by atoms with E-state index >= 15 is 0 Å². The maximum atomic E-state index is 12.3. The fraction of sp³-hybridized carbons (Fsp3) is 0.471. The molecular formula is C17H21N5O. The fourth-order valence-corrected chi connectivity index (χ4v) is 3.63. The molecule has 2 aromatic rings. The number of carbonyl (C=O) groups excluding carboxylic acids is 1. The largest absolute Gasteiger partial charge is 0.349 e. The fourth-order valence-electron chi connectivity index (χ4n) is 3.63. The highest BCUT2D eigenvalue weighted by atomic mass is 16.1. The predicted octanol–water partition coefficient (Wildman–Crippen LogP) is 1.57. The van der Waals surface area contributed by atoms with Crippen molar-refractivity contribution in [2.45, 2.75) is 44.8 Å². The summed E-state index contributed by atoms with van der Waals surface area (Å²) in [5.74, 6) is 0.811. The molecule has 120 valence electrons. The SMILES string of the molecule is CCn1ncnc1-c1ccc(C(=O)NC2CC3(C2)CC3N)cc1. The molecule has 1 amide bonds. The van der Waals surface area contributed by atoms with Gasteiger partial charge < -0.3 is 11.1 Å². The van der Waals surface area contributed by atoms with Crippen LogP contribution in [0.5, 0.6) is 0 Å². The highest BCUT2D eigenvalue weighted by molar-refractivity contribution is 5.94. The van der Waals surface area contributed by atoms with E-state index < -0.39 is 0 Å². The Kier molecular flexibility index (Phi) is 3.23. The zero-order valence-corrected chi connectivity index (χ0v) is 13.2. The standard InChI is InChI=1S/C17H21N5O/c1-2-22-15(19-10-20-22)11-3-5-12(6-4-11)16(23)21-13-7-17(8-13)9-14(17)18/h3-6,10,13-14H,2,7-9,18H2,1H3,(H,21,23). The van der Waals surface area contributed by atoms with Crippen molar-refractivity contribution >= 4 is 5.91 Å². The van der Waals surface area contributed by atoms with Gasteiger partial charge in [0.25, 0.3) is 5.91 Å². The van der Waals surface area contributed by atoms with E-state index in [0.717, 1.165) is 37.2 Å². The smallest absolute Gasteiger partial charge is 0.251 e. The summed E-state index contributed by atoms with van der Waals surface area (Å²) in [7, 11) is 0. The van der Waals surface area contributed by atoms with Crippen molar-refractivity contribution in [1.82, 2.24) is 20.1 Å². The molecule has 6 heteroatoms. The van der Waals surface area contributed by atoms with Gasteiger partial charge >= 0.3 is 0 Å². The minimum atomic E-state index is -0.0115. The first-order valence-electron chi connectivity index (χ1n) is 8.16. The molecule has 4 rings (SSSR count). The second kappa shape index (κ2) is 5.16. The zero-order valence-electron chi connectivity index (χ0n) is 13.2. The first-order chi connectivity index (χ1) is 11.1. The van der Waals surface area contributed by atoms with Crippen LogP contribution in [0.1, 0.15) is 36.5 Å². The van der Waals surface area contributed by atoms with Crippen LogP contribution in [0, 0.1) is 5.41 Å². The minimum absolute atomic E-state index is 0.0115. The van der Waals surface area contributed by atoms with Crippen LogP contribution in [0.4, 0.5) is 0 Å². The number of aryl methyl sites for hydroxylation is 1. The Morgan fingerprint density at radius 2 is 2.04 bits per heavy atom. The van der Waals surface area contributed by atoms with E-state index in [1.807, 2.05) is 35.9 Å². The Balaban J connectivity index is 1.41. The number of hydrogen-bond acceptors (Lipinski definition) is 4. The van der Waals surface area contributed by atoms with E-state index in [2.05, 4.69) is 15.4 Å². The van der Waals surface area contributed by atoms with Gasteiger partial charge in [-0.15, -0.1) is 0 Å². The average molecular weight is 311 g/mol. The minimum Gasteiger partial charge on any atom is -0.349 e. The topological polar surface area (TPSA) is 85.8 Å². The molecule has 0 saturated heterocycles. The van der Waals surface area contributed by atoms with Crippen LogP contribution in [0.2, 0.25) is 0 Å². The number of rotatable bonds is 4. The lowest BCUT2D eigenvalue weighted by Gasteiger charge is -2.37. The van der Waals surface area contributed by atoms with Crippen LogP contribution in [0.3, 0.4) is 0 Å². The lowest BCUT2D eigenvalue weighted by Crippen LogP contribution is -2.47. The van der Waals surface area contributed by atoms with Crippen LogP contribution in [0.15, 0.2) is 30.6 Å². The van der Waals surface area contributed by atoms with E-state index in [4.69, 9.17) is 5.73 Å². The summed E-state index contributed by atoms with van der Waals surface area (Å²) in [6.45, 7) is 2.79. The summed E-state index contributed by atoms with van der Waals surface area (Å²) in [5, 5.41) is 7.27. The molecular weight excluding hydrogens is 290 g/mol. The number of nitrogens with one attached hydrogen (secondary N) is 1. The van der Waals surface area contributed by atoms with Gasteiger partial charge in [-0.25, -0.2) is 9.67 Å². The summed E-state index contributed by atoms with van der Waals surface area (Å²) in [6.07, 6.45) is 4.72. The summed E-state index contributed by atoms with van der Waals surface area (Å²) < 4.78 is 1.84. The average Bonchev–Trinajstić information content (AvgIpc) is 2.99. The Hall–Kier alpha value is -2.21. The molecule has 2 fully saturated rings. The highest BCUT2D eigenvalue weighted by Gasteiger charge is 2.60. The van der Waals surface area contributed by atoms with Crippen LogP contribution < -0.4 is 11.1 Å². The Labute approximate surface area is 135 Å². The van der Waals surface area contributed by atoms with E-state index in [9.17, 15) is 4.79 Å². The third-order valence-corrected chi connectivity index (χ3v) is 5.21. The third kappa shape index (κ3) is 2.43. The zero-order chi connectivity index (χ0) is 16.0. The lowest BCUT2D eigenvalue weighted by molar-refractivity contribution is 0.0873. The number of nitrogens with two attached hydrogens (primary N) is 1. The number of nitrogens with zero attached hydrogens (tertiary/aromatic N) is 3. The van der Waals surface area contributed by atoms with Crippen molar-refractivity contribution < 1.29 is 4.79 Å². The van der Waals surface area contributed by atoms with Gasteiger partial charge in [0.2, 0.25) is 0 Å². The van der Waals surface area contributed by atoms with E-state index in [1.165, 1.54) is 0 Å². The number of amides is 1. The van der Waals surface area contributed by atoms with Crippen molar-refractivity contribution in [3.63, 3.8) is 0 Å². The summed E-state index contributed by atoms with van der Waals surface area (Å²) in [6, 6.07) is 8.16. The van der Waals surface area contributed by atoms with Crippen LogP contribution in [-0.4, -0.2) is 32.8 Å². The van der Waals surface area contributed by atoms with Crippen molar-refractivity contribution in [2.75, 3.05) is 0 Å². The molecule has 2 aliphatic rings. The first kappa shape index (κ1) is 14.4. The second-order valence-corrected chi connectivity index (χ2v) is 6.73. The van der Waals surface area contributed by atoms with Crippen molar-refractivity contribution in [2.24, 2.45) is 11.1 Å². The number of benzene rings is 1. The number of aromatic nitrogens is 3. The third-order valence-electron chi connectivity index (χ3n) is 5.21. The van der Waals surface area contributed by atoms with Crippen molar-refractivity contribution in [1.29, 1.82) is 0 Å². The van der Waals surface area contributed by atoms with Gasteiger partial charge in [0.15, 0.2) is 5.82 Å². The molecule has 6 nitrogen and oxygen atoms in total. The molecule has 1 unspecified atom stereocenters. The quantitative estimate of drug-likeness (QED) is 0.897. The van der Waals surface area contributed by atoms with E-state index in [-0.39, 0.29) is 11.9 Å². The van der Waals surface area contributed by atoms with Gasteiger partial charge in [0.05, 0.1) is 0 Å². The molecule has 0 radical (unpaired) electrons. The molecule has 0 aliphatic heterocycles. The molecule has 2 saturated carbocycles. The lowest BCUT2D eigenvalue weighted by atomic mass is 9.76. The van der Waals surface area contributed by atoms with Crippen molar-refractivity contribution in [3.05, 3.63) is 36.2 Å². The highest BCUT2D eigenvalue weighted by Crippen LogP contribution is 2.59. The molecule has 1 spiro atoms. The van der Waals surface area contributed by atoms with E-state index in [1.54, 1.807) is 6.33 Å². The number of carbonyl (C=O) groups is 1. The Bertz CT molecular complexity index is 730. The maximum Gasteiger partial charge on any atom is 0.251 e. The van der Waals surface area contributed by atoms with E-state index in [0.29, 0.717) is 17.0 Å². The monoisotopic (exact) mass is 311 g/mol. The van der Waals surface area contributed by atoms with Crippen LogP contribution in [0.25, 0.3) is 11.4 Å². The molecule has 1 aromatic carbocycles. The predicted molar refractivity (Wildman–Crippen MR) is 86.6 cm³/mol. The van der Waals surface area contributed by atoms with Crippen molar-refractivity contribution in [3.8, 4) is 11.4 Å². The molecule has 3 N–H and O–H groups in total. The Morgan fingerprint density at radius 1 is 1.35 bits per heavy atom. The molecule has 1 atom stereocenters. The molecule has 1 heterocycles. The van der Waals surface area contributed by atoms with Gasteiger partial charge in [-0.3, -0.25) is 4.79 Å². The molecule has 23 heavy (non-hydrogen) atoms. The molecule has 0 bridgehead atoms. The summed E-state index contributed by atoms with van der Waals surface area (Å²) in [4.78, 5) is 16.6.